The monoisotopic (exact) mass is 370 g/mol. The molecule has 1 nitrogen and oxygen atoms in total. The van der Waals surface area contributed by atoms with Gasteiger partial charge in [-0.15, -0.1) is 0 Å². The van der Waals surface area contributed by atoms with Crippen molar-refractivity contribution in [2.24, 2.45) is 0 Å². The second kappa shape index (κ2) is 6.51. The van der Waals surface area contributed by atoms with Crippen molar-refractivity contribution < 1.29 is 4.12 Å². The molecule has 25 heavy (non-hydrogen) atoms. The Morgan fingerprint density at radius 2 is 1.04 bits per heavy atom. The van der Waals surface area contributed by atoms with Crippen LogP contribution in [0.25, 0.3) is 0 Å². The van der Waals surface area contributed by atoms with Gasteiger partial charge in [0, 0.05) is 0 Å². The summed E-state index contributed by atoms with van der Waals surface area (Å²) in [6.07, 6.45) is 18.4. The van der Waals surface area contributed by atoms with Crippen LogP contribution in [0.3, 0.4) is 0 Å². The van der Waals surface area contributed by atoms with Crippen molar-refractivity contribution in [3.63, 3.8) is 0 Å². The predicted molar refractivity (Wildman–Crippen MR) is 112 cm³/mol. The maximum absolute atomic E-state index is 7.09. The molecule has 4 rings (SSSR count). The lowest BCUT2D eigenvalue weighted by molar-refractivity contribution is 0.558. The summed E-state index contributed by atoms with van der Waals surface area (Å²) in [5.41, 5.74) is 6.81. The average molecular weight is 371 g/mol. The van der Waals surface area contributed by atoms with Gasteiger partial charge in [0.1, 0.15) is 0 Å². The molecule has 0 N–H and O–H groups in total. The fourth-order valence-corrected chi connectivity index (χ4v) is 13.7. The molecule has 0 atom stereocenters. The van der Waals surface area contributed by atoms with Crippen LogP contribution in [-0.4, -0.2) is 16.6 Å². The van der Waals surface area contributed by atoms with Gasteiger partial charge in [-0.05, 0) is 102 Å². The smallest absolute Gasteiger partial charge is 0.202 e. The molecule has 0 aliphatic heterocycles. The summed E-state index contributed by atoms with van der Waals surface area (Å²) in [4.78, 5) is 0. The van der Waals surface area contributed by atoms with Gasteiger partial charge in [-0.1, -0.05) is 33.7 Å². The third-order valence-corrected chi connectivity index (χ3v) is 14.6. The predicted octanol–water partition coefficient (Wildman–Crippen LogP) is 6.89. The van der Waals surface area contributed by atoms with Crippen molar-refractivity contribution in [1.82, 2.24) is 0 Å². The van der Waals surface area contributed by atoms with Crippen LogP contribution < -0.4 is 0 Å². The summed E-state index contributed by atoms with van der Waals surface area (Å²) in [5, 5.41) is 3.33. The van der Waals surface area contributed by atoms with E-state index < -0.39 is 16.6 Å². The van der Waals surface area contributed by atoms with E-state index in [4.69, 9.17) is 4.12 Å². The molecule has 0 aromatic rings. The Morgan fingerprint density at radius 1 is 0.640 bits per heavy atom. The Balaban J connectivity index is 1.47. The lowest BCUT2D eigenvalue weighted by atomic mass is 9.94. The number of rotatable bonds is 4. The number of hydrogen-bond acceptors (Lipinski definition) is 1. The van der Waals surface area contributed by atoms with Crippen LogP contribution in [0.4, 0.5) is 0 Å². The molecular weight excluding hydrogens is 336 g/mol. The largest absolute Gasteiger partial charge is 0.449 e. The summed E-state index contributed by atoms with van der Waals surface area (Å²) in [7, 11) is -3.58. The molecule has 0 radical (unpaired) electrons. The minimum Gasteiger partial charge on any atom is -0.449 e. The van der Waals surface area contributed by atoms with E-state index in [0.29, 0.717) is 0 Å². The molecule has 0 amide bonds. The fraction of sp³-hybridized carbons (Fsp3) is 0.636. The molecule has 0 aromatic heterocycles. The minimum atomic E-state index is -1.79. The van der Waals surface area contributed by atoms with Crippen molar-refractivity contribution in [1.29, 1.82) is 0 Å². The van der Waals surface area contributed by atoms with E-state index in [1.165, 1.54) is 64.2 Å². The van der Waals surface area contributed by atoms with E-state index in [2.05, 4.69) is 38.3 Å². The molecule has 0 saturated carbocycles. The van der Waals surface area contributed by atoms with E-state index in [1.54, 1.807) is 32.7 Å². The zero-order valence-corrected chi connectivity index (χ0v) is 18.6. The number of hydrogen-bond donors (Lipinski definition) is 0. The van der Waals surface area contributed by atoms with Crippen LogP contribution >= 0.6 is 0 Å². The second-order valence-electron chi connectivity index (χ2n) is 9.49. The molecule has 0 fully saturated rings. The van der Waals surface area contributed by atoms with Gasteiger partial charge < -0.3 is 4.12 Å². The highest BCUT2D eigenvalue weighted by atomic mass is 28.4. The van der Waals surface area contributed by atoms with E-state index in [0.717, 1.165) is 0 Å². The molecule has 3 heteroatoms. The molecule has 0 heterocycles. The minimum absolute atomic E-state index is 1.23. The topological polar surface area (TPSA) is 9.23 Å². The summed E-state index contributed by atoms with van der Waals surface area (Å²) >= 11 is 0. The van der Waals surface area contributed by atoms with Crippen LogP contribution in [-0.2, 0) is 4.12 Å². The summed E-state index contributed by atoms with van der Waals surface area (Å²) < 4.78 is 7.09. The van der Waals surface area contributed by atoms with E-state index >= 15 is 0 Å². The van der Waals surface area contributed by atoms with Gasteiger partial charge in [-0.2, -0.15) is 0 Å². The van der Waals surface area contributed by atoms with Crippen LogP contribution in [0.2, 0.25) is 26.2 Å². The summed E-state index contributed by atoms with van der Waals surface area (Å²) in [6, 6.07) is 0. The number of allylic oxidation sites excluding steroid dienone is 8. The first-order valence-electron chi connectivity index (χ1n) is 10.4. The van der Waals surface area contributed by atoms with Gasteiger partial charge in [0.15, 0.2) is 0 Å². The Labute approximate surface area is 156 Å². The first-order chi connectivity index (χ1) is 11.9. The van der Waals surface area contributed by atoms with Gasteiger partial charge in [0.2, 0.25) is 16.6 Å². The van der Waals surface area contributed by atoms with Gasteiger partial charge in [-0.25, -0.2) is 0 Å². The lowest BCUT2D eigenvalue weighted by Crippen LogP contribution is -2.47. The molecule has 0 saturated heterocycles. The molecule has 0 aromatic carbocycles. The molecule has 4 aliphatic carbocycles. The van der Waals surface area contributed by atoms with Crippen molar-refractivity contribution in [2.75, 3.05) is 0 Å². The van der Waals surface area contributed by atoms with E-state index in [-0.39, 0.29) is 0 Å². The van der Waals surface area contributed by atoms with Crippen molar-refractivity contribution in [3.05, 3.63) is 44.8 Å². The van der Waals surface area contributed by atoms with Gasteiger partial charge in [-0.3, -0.25) is 0 Å². The first kappa shape index (κ1) is 17.8. The Morgan fingerprint density at radius 3 is 1.44 bits per heavy atom. The summed E-state index contributed by atoms with van der Waals surface area (Å²) in [6.45, 7) is 9.81. The van der Waals surface area contributed by atoms with Crippen LogP contribution in [0.5, 0.6) is 0 Å². The van der Waals surface area contributed by atoms with Crippen molar-refractivity contribution in [3.8, 4) is 0 Å². The highest BCUT2D eigenvalue weighted by molar-refractivity contribution is 6.91. The third-order valence-electron chi connectivity index (χ3n) is 6.82. The zero-order valence-electron chi connectivity index (χ0n) is 16.6. The quantitative estimate of drug-likeness (QED) is 0.489. The Kier molecular flexibility index (Phi) is 4.62. The van der Waals surface area contributed by atoms with Crippen LogP contribution in [0.15, 0.2) is 44.8 Å². The normalized spacial score (nSPS) is 24.3. The second-order valence-corrected chi connectivity index (χ2v) is 17.6. The van der Waals surface area contributed by atoms with Crippen LogP contribution in [0.1, 0.15) is 64.2 Å². The molecule has 136 valence electrons. The van der Waals surface area contributed by atoms with Crippen molar-refractivity contribution in [2.45, 2.75) is 90.4 Å². The standard InChI is InChI=1S/C22H34OSi2/c1-24(2,21-13-17-9-5-6-10-18(17)14-21)23-25(3,4)22-15-19-11-7-8-12-20(19)16-22/h13,15H,5-12,14,16H2,1-4H3. The first-order valence-corrected chi connectivity index (χ1v) is 16.2. The van der Waals surface area contributed by atoms with Crippen LogP contribution in [0, 0.1) is 0 Å². The zero-order chi connectivity index (χ0) is 17.7. The molecule has 0 unspecified atom stereocenters. The maximum Gasteiger partial charge on any atom is 0.202 e. The molecular formula is C22H34OSi2. The van der Waals surface area contributed by atoms with Crippen molar-refractivity contribution >= 4 is 16.6 Å². The average Bonchev–Trinajstić information content (AvgIpc) is 3.18. The van der Waals surface area contributed by atoms with Gasteiger partial charge in [0.25, 0.3) is 0 Å². The fourth-order valence-electron chi connectivity index (χ4n) is 5.26. The van der Waals surface area contributed by atoms with Gasteiger partial charge in [0.05, 0.1) is 0 Å². The van der Waals surface area contributed by atoms with Gasteiger partial charge >= 0.3 is 0 Å². The highest BCUT2D eigenvalue weighted by Crippen LogP contribution is 2.43. The SMILES string of the molecule is C[Si](C)(O[Si](C)(C)C1=CC2=C(CCCC2)C1)C1=CC2=C(CCCC2)C1. The Bertz CT molecular complexity index is 644. The maximum atomic E-state index is 7.09. The third kappa shape index (κ3) is 3.48. The summed E-state index contributed by atoms with van der Waals surface area (Å²) in [5.74, 6) is 0. The Hall–Kier alpha value is -0.646. The molecule has 0 spiro atoms. The molecule has 0 bridgehead atoms. The molecule has 4 aliphatic rings. The van der Waals surface area contributed by atoms with E-state index in [9.17, 15) is 0 Å². The lowest BCUT2D eigenvalue weighted by Gasteiger charge is -2.36. The van der Waals surface area contributed by atoms with E-state index in [1.807, 2.05) is 0 Å². The highest BCUT2D eigenvalue weighted by Gasteiger charge is 2.41.